The van der Waals surface area contributed by atoms with Crippen LogP contribution >= 0.6 is 0 Å². The van der Waals surface area contributed by atoms with Crippen molar-refractivity contribution >= 4 is 23.6 Å². The number of anilines is 1. The van der Waals surface area contributed by atoms with Gasteiger partial charge in [-0.2, -0.15) is 0 Å². The molecule has 0 spiro atoms. The highest BCUT2D eigenvalue weighted by Crippen LogP contribution is 2.24. The number of hydrogen-bond donors (Lipinski definition) is 2. The Bertz CT molecular complexity index is 815. The van der Waals surface area contributed by atoms with E-state index in [-0.39, 0.29) is 18.4 Å². The smallest absolute Gasteiger partial charge is 0.244 e. The zero-order valence-electron chi connectivity index (χ0n) is 15.0. The van der Waals surface area contributed by atoms with Gasteiger partial charge < -0.3 is 20.1 Å². The number of hydrogen-bond acceptors (Lipinski definition) is 4. The summed E-state index contributed by atoms with van der Waals surface area (Å²) in [7, 11) is 3.11. The molecule has 26 heavy (non-hydrogen) atoms. The van der Waals surface area contributed by atoms with Crippen molar-refractivity contribution in [3.63, 3.8) is 0 Å². The molecule has 0 saturated carbocycles. The predicted octanol–water partition coefficient (Wildman–Crippen LogP) is 2.78. The maximum atomic E-state index is 12.0. The van der Waals surface area contributed by atoms with E-state index in [4.69, 9.17) is 9.47 Å². The van der Waals surface area contributed by atoms with Gasteiger partial charge in [0.2, 0.25) is 11.8 Å². The number of carbonyl (C=O) groups excluding carboxylic acids is 2. The van der Waals surface area contributed by atoms with Gasteiger partial charge in [-0.1, -0.05) is 18.2 Å². The Morgan fingerprint density at radius 1 is 1.08 bits per heavy atom. The van der Waals surface area contributed by atoms with Crippen LogP contribution in [0.3, 0.4) is 0 Å². The van der Waals surface area contributed by atoms with Crippen molar-refractivity contribution in [1.29, 1.82) is 0 Å². The average molecular weight is 354 g/mol. The van der Waals surface area contributed by atoms with Gasteiger partial charge in [-0.3, -0.25) is 9.59 Å². The van der Waals surface area contributed by atoms with Crippen LogP contribution in [0.5, 0.6) is 11.5 Å². The molecule has 2 N–H and O–H groups in total. The maximum absolute atomic E-state index is 12.0. The van der Waals surface area contributed by atoms with Crippen LogP contribution in [0.4, 0.5) is 5.69 Å². The Balaban J connectivity index is 1.87. The Hall–Kier alpha value is -3.28. The van der Waals surface area contributed by atoms with E-state index in [1.807, 2.05) is 31.2 Å². The predicted molar refractivity (Wildman–Crippen MR) is 101 cm³/mol. The van der Waals surface area contributed by atoms with Gasteiger partial charge in [-0.25, -0.2) is 0 Å². The number of amides is 2. The second kappa shape index (κ2) is 9.27. The largest absolute Gasteiger partial charge is 0.497 e. The molecule has 2 amide bonds. The molecule has 2 aromatic carbocycles. The minimum atomic E-state index is -0.362. The van der Waals surface area contributed by atoms with Crippen LogP contribution in [0, 0.1) is 6.92 Å². The fourth-order valence-corrected chi connectivity index (χ4v) is 2.26. The van der Waals surface area contributed by atoms with Crippen LogP contribution in [0.1, 0.15) is 11.1 Å². The van der Waals surface area contributed by atoms with Gasteiger partial charge in [0, 0.05) is 6.08 Å². The molecule has 0 unspecified atom stereocenters. The van der Waals surface area contributed by atoms with Crippen LogP contribution in [0.15, 0.2) is 48.5 Å². The molecular weight excluding hydrogens is 332 g/mol. The van der Waals surface area contributed by atoms with Crippen molar-refractivity contribution < 1.29 is 19.1 Å². The quantitative estimate of drug-likeness (QED) is 0.750. The highest BCUT2D eigenvalue weighted by molar-refractivity contribution is 5.98. The third-order valence-electron chi connectivity index (χ3n) is 3.57. The van der Waals surface area contributed by atoms with E-state index in [1.54, 1.807) is 31.4 Å². The molecule has 6 heteroatoms. The lowest BCUT2D eigenvalue weighted by atomic mass is 10.2. The van der Waals surface area contributed by atoms with Crippen LogP contribution in [0.25, 0.3) is 6.08 Å². The lowest BCUT2D eigenvalue weighted by Crippen LogP contribution is -2.31. The van der Waals surface area contributed by atoms with Gasteiger partial charge in [-0.05, 0) is 48.4 Å². The third-order valence-corrected chi connectivity index (χ3v) is 3.57. The fraction of sp³-hybridized carbons (Fsp3) is 0.200. The zero-order chi connectivity index (χ0) is 18.9. The molecule has 0 aliphatic carbocycles. The van der Waals surface area contributed by atoms with E-state index in [9.17, 15) is 9.59 Å². The van der Waals surface area contributed by atoms with Gasteiger partial charge in [0.05, 0.1) is 26.5 Å². The summed E-state index contributed by atoms with van der Waals surface area (Å²) in [6.07, 6.45) is 3.02. The van der Waals surface area contributed by atoms with E-state index >= 15 is 0 Å². The first-order chi connectivity index (χ1) is 12.5. The summed E-state index contributed by atoms with van der Waals surface area (Å²) in [6, 6.07) is 12.8. The minimum Gasteiger partial charge on any atom is -0.497 e. The summed E-state index contributed by atoms with van der Waals surface area (Å²) in [5.74, 6) is 0.573. The molecule has 0 aromatic heterocycles. The average Bonchev–Trinajstić information content (AvgIpc) is 2.65. The van der Waals surface area contributed by atoms with Crippen molar-refractivity contribution in [2.45, 2.75) is 6.92 Å². The first-order valence-electron chi connectivity index (χ1n) is 8.06. The Morgan fingerprint density at radius 3 is 2.62 bits per heavy atom. The number of ether oxygens (including phenoxy) is 2. The summed E-state index contributed by atoms with van der Waals surface area (Å²) in [5.41, 5.74) is 2.39. The summed E-state index contributed by atoms with van der Waals surface area (Å²) < 4.78 is 10.3. The Morgan fingerprint density at radius 2 is 1.88 bits per heavy atom. The lowest BCUT2D eigenvalue weighted by molar-refractivity contribution is -0.121. The molecule has 2 rings (SSSR count). The van der Waals surface area contributed by atoms with Crippen molar-refractivity contribution in [2.75, 3.05) is 26.1 Å². The van der Waals surface area contributed by atoms with Gasteiger partial charge >= 0.3 is 0 Å². The van der Waals surface area contributed by atoms with E-state index < -0.39 is 0 Å². The molecule has 0 aliphatic rings. The Labute approximate surface area is 152 Å². The van der Waals surface area contributed by atoms with Crippen LogP contribution in [0.2, 0.25) is 0 Å². The van der Waals surface area contributed by atoms with Crippen molar-refractivity contribution in [3.05, 3.63) is 59.7 Å². The zero-order valence-corrected chi connectivity index (χ0v) is 15.0. The van der Waals surface area contributed by atoms with Crippen molar-refractivity contribution in [3.8, 4) is 11.5 Å². The number of aryl methyl sites for hydroxylation is 1. The molecule has 6 nitrogen and oxygen atoms in total. The molecule has 0 bridgehead atoms. The summed E-state index contributed by atoms with van der Waals surface area (Å²) in [4.78, 5) is 23.9. The molecule has 2 aromatic rings. The number of nitrogens with one attached hydrogen (secondary N) is 2. The van der Waals surface area contributed by atoms with Crippen LogP contribution in [-0.4, -0.2) is 32.6 Å². The molecule has 0 fully saturated rings. The van der Waals surface area contributed by atoms with Gasteiger partial charge in [-0.15, -0.1) is 0 Å². The fourth-order valence-electron chi connectivity index (χ4n) is 2.26. The molecule has 0 saturated heterocycles. The van der Waals surface area contributed by atoms with Crippen LogP contribution < -0.4 is 20.1 Å². The SMILES string of the molecule is COc1cccc(/C=C/C(=O)NCC(=O)Nc2cc(C)ccc2OC)c1. The van der Waals surface area contributed by atoms with E-state index in [0.717, 1.165) is 11.1 Å². The van der Waals surface area contributed by atoms with Crippen LogP contribution in [-0.2, 0) is 9.59 Å². The second-order valence-electron chi connectivity index (χ2n) is 5.58. The second-order valence-corrected chi connectivity index (χ2v) is 5.58. The number of carbonyl (C=O) groups is 2. The molecule has 0 atom stereocenters. The number of benzene rings is 2. The van der Waals surface area contributed by atoms with Crippen molar-refractivity contribution in [2.24, 2.45) is 0 Å². The molecule has 136 valence electrons. The number of rotatable bonds is 7. The van der Waals surface area contributed by atoms with E-state index in [2.05, 4.69) is 10.6 Å². The summed E-state index contributed by atoms with van der Waals surface area (Å²) in [6.45, 7) is 1.78. The van der Waals surface area contributed by atoms with Gasteiger partial charge in [0.15, 0.2) is 0 Å². The number of methoxy groups -OCH3 is 2. The van der Waals surface area contributed by atoms with Gasteiger partial charge in [0.1, 0.15) is 11.5 Å². The monoisotopic (exact) mass is 354 g/mol. The van der Waals surface area contributed by atoms with Gasteiger partial charge in [0.25, 0.3) is 0 Å². The Kier molecular flexibility index (Phi) is 6.79. The standard InChI is InChI=1S/C20H22N2O4/c1-14-7-9-18(26-3)17(11-14)22-20(24)13-21-19(23)10-8-15-5-4-6-16(12-15)25-2/h4-12H,13H2,1-3H3,(H,21,23)(H,22,24)/b10-8+. The third kappa shape index (κ3) is 5.66. The molecule has 0 aliphatic heterocycles. The topological polar surface area (TPSA) is 76.7 Å². The first kappa shape index (κ1) is 19.1. The minimum absolute atomic E-state index is 0.140. The summed E-state index contributed by atoms with van der Waals surface area (Å²) in [5, 5.41) is 5.27. The van der Waals surface area contributed by atoms with E-state index in [1.165, 1.54) is 13.2 Å². The highest BCUT2D eigenvalue weighted by atomic mass is 16.5. The van der Waals surface area contributed by atoms with Crippen molar-refractivity contribution in [1.82, 2.24) is 5.32 Å². The first-order valence-corrected chi connectivity index (χ1v) is 8.06. The molecular formula is C20H22N2O4. The maximum Gasteiger partial charge on any atom is 0.244 e. The van der Waals surface area contributed by atoms with E-state index in [0.29, 0.717) is 17.2 Å². The lowest BCUT2D eigenvalue weighted by Gasteiger charge is -2.11. The molecule has 0 heterocycles. The highest BCUT2D eigenvalue weighted by Gasteiger charge is 2.08. The molecule has 0 radical (unpaired) electrons. The summed E-state index contributed by atoms with van der Waals surface area (Å²) >= 11 is 0. The normalized spacial score (nSPS) is 10.4.